The largest absolute Gasteiger partial charge is 0.493 e. The van der Waals surface area contributed by atoms with Gasteiger partial charge in [0.25, 0.3) is 0 Å². The molecule has 3 aliphatic rings. The van der Waals surface area contributed by atoms with Crippen molar-refractivity contribution in [1.82, 2.24) is 0 Å². The van der Waals surface area contributed by atoms with Gasteiger partial charge >= 0.3 is 12.3 Å². The van der Waals surface area contributed by atoms with Crippen LogP contribution in [0.5, 0.6) is 11.5 Å². The lowest BCUT2D eigenvalue weighted by molar-refractivity contribution is -0.223. The lowest BCUT2D eigenvalue weighted by Crippen LogP contribution is -2.34. The van der Waals surface area contributed by atoms with Gasteiger partial charge in [-0.3, -0.25) is 0 Å². The standard InChI is InChI=1S/C31H44F6O4/c1-3-38-24-14-10-23(11-15-24)22-8-6-21(7-9-22)18-39-26-16-17-27(29(32)28(26)31(35,36)37)41-30(33,34)19-40-25-12-4-20(2)5-13-25/h16-17,20-25H,3-15,18-19H2,1-2H3. The zero-order valence-electron chi connectivity index (χ0n) is 24.1. The van der Waals surface area contributed by atoms with Gasteiger partial charge in [-0.2, -0.15) is 22.0 Å². The maximum atomic E-state index is 15.0. The lowest BCUT2D eigenvalue weighted by Gasteiger charge is -2.37. The molecule has 0 radical (unpaired) electrons. The summed E-state index contributed by atoms with van der Waals surface area (Å²) in [6.07, 6.45) is 1.83. The van der Waals surface area contributed by atoms with E-state index in [-0.39, 0.29) is 18.6 Å². The summed E-state index contributed by atoms with van der Waals surface area (Å²) < 4.78 is 106. The van der Waals surface area contributed by atoms with Gasteiger partial charge in [-0.25, -0.2) is 4.39 Å². The van der Waals surface area contributed by atoms with Crippen molar-refractivity contribution in [3.05, 3.63) is 23.5 Å². The van der Waals surface area contributed by atoms with E-state index in [2.05, 4.69) is 11.7 Å². The number of rotatable bonds is 11. The quantitative estimate of drug-likeness (QED) is 0.240. The van der Waals surface area contributed by atoms with E-state index >= 15 is 0 Å². The van der Waals surface area contributed by atoms with Crippen LogP contribution in [0.3, 0.4) is 0 Å². The number of ether oxygens (including phenoxy) is 4. The molecular formula is C31H44F6O4. The summed E-state index contributed by atoms with van der Waals surface area (Å²) >= 11 is 0. The average Bonchev–Trinajstić information content (AvgIpc) is 2.93. The average molecular weight is 595 g/mol. The van der Waals surface area contributed by atoms with Crippen LogP contribution in [-0.2, 0) is 15.7 Å². The van der Waals surface area contributed by atoms with Crippen LogP contribution in [0.4, 0.5) is 26.3 Å². The van der Waals surface area contributed by atoms with Gasteiger partial charge in [0.15, 0.2) is 18.2 Å². The fraction of sp³-hybridized carbons (Fsp3) is 0.806. The van der Waals surface area contributed by atoms with Crippen molar-refractivity contribution in [2.24, 2.45) is 23.7 Å². The molecular weight excluding hydrogens is 550 g/mol. The van der Waals surface area contributed by atoms with Gasteiger partial charge in [-0.05, 0) is 120 Å². The zero-order valence-corrected chi connectivity index (χ0v) is 24.1. The molecule has 3 aliphatic carbocycles. The number of hydrogen-bond donors (Lipinski definition) is 0. The van der Waals surface area contributed by atoms with E-state index in [9.17, 15) is 26.3 Å². The third kappa shape index (κ3) is 9.15. The number of halogens is 6. The molecule has 0 unspecified atom stereocenters. The highest BCUT2D eigenvalue weighted by Crippen LogP contribution is 2.44. The molecule has 3 fully saturated rings. The maximum absolute atomic E-state index is 15.0. The first-order chi connectivity index (χ1) is 19.4. The minimum absolute atomic E-state index is 0.0104. The molecule has 0 bridgehead atoms. The van der Waals surface area contributed by atoms with E-state index in [0.29, 0.717) is 36.7 Å². The molecule has 4 rings (SSSR count). The van der Waals surface area contributed by atoms with Gasteiger partial charge < -0.3 is 18.9 Å². The second-order valence-electron chi connectivity index (χ2n) is 12.3. The van der Waals surface area contributed by atoms with Crippen LogP contribution in [0, 0.1) is 29.5 Å². The van der Waals surface area contributed by atoms with Crippen LogP contribution in [-0.4, -0.2) is 38.1 Å². The van der Waals surface area contributed by atoms with Crippen LogP contribution in [0.15, 0.2) is 12.1 Å². The summed E-state index contributed by atoms with van der Waals surface area (Å²) in [4.78, 5) is 0. The molecule has 4 nitrogen and oxygen atoms in total. The molecule has 1 aromatic rings. The zero-order chi connectivity index (χ0) is 29.6. The second kappa shape index (κ2) is 14.2. The third-order valence-electron chi connectivity index (χ3n) is 9.21. The van der Waals surface area contributed by atoms with Gasteiger partial charge in [0, 0.05) is 6.61 Å². The molecule has 41 heavy (non-hydrogen) atoms. The molecule has 1 aromatic carbocycles. The fourth-order valence-corrected chi connectivity index (χ4v) is 6.80. The minimum atomic E-state index is -5.15. The van der Waals surface area contributed by atoms with E-state index in [4.69, 9.17) is 14.2 Å². The fourth-order valence-electron chi connectivity index (χ4n) is 6.80. The highest BCUT2D eigenvalue weighted by Gasteiger charge is 2.42. The Bertz CT molecular complexity index is 947. The van der Waals surface area contributed by atoms with Crippen LogP contribution in [0.25, 0.3) is 0 Å². The molecule has 234 valence electrons. The van der Waals surface area contributed by atoms with Crippen molar-refractivity contribution in [2.45, 2.75) is 115 Å². The van der Waals surface area contributed by atoms with E-state index in [1.165, 1.54) is 0 Å². The molecule has 0 amide bonds. The first kappa shape index (κ1) is 32.2. The third-order valence-corrected chi connectivity index (χ3v) is 9.21. The van der Waals surface area contributed by atoms with E-state index < -0.39 is 41.8 Å². The Morgan fingerprint density at radius 1 is 0.732 bits per heavy atom. The van der Waals surface area contributed by atoms with Gasteiger partial charge in [0.05, 0.1) is 18.8 Å². The van der Waals surface area contributed by atoms with Gasteiger partial charge in [0.2, 0.25) is 0 Å². The van der Waals surface area contributed by atoms with Gasteiger partial charge in [-0.1, -0.05) is 6.92 Å². The van der Waals surface area contributed by atoms with Crippen LogP contribution >= 0.6 is 0 Å². The Morgan fingerprint density at radius 3 is 1.85 bits per heavy atom. The molecule has 0 atom stereocenters. The molecule has 0 N–H and O–H groups in total. The summed E-state index contributed by atoms with van der Waals surface area (Å²) in [7, 11) is 0. The van der Waals surface area contributed by atoms with Crippen LogP contribution in [0.1, 0.15) is 96.5 Å². The topological polar surface area (TPSA) is 36.9 Å². The highest BCUT2D eigenvalue weighted by molar-refractivity contribution is 5.44. The molecule has 0 heterocycles. The predicted molar refractivity (Wildman–Crippen MR) is 143 cm³/mol. The molecule has 10 heteroatoms. The summed E-state index contributed by atoms with van der Waals surface area (Å²) in [5.74, 6) is -2.01. The van der Waals surface area contributed by atoms with Gasteiger partial charge in [-0.15, -0.1) is 0 Å². The smallest absolute Gasteiger partial charge is 0.422 e. The van der Waals surface area contributed by atoms with Crippen molar-refractivity contribution >= 4 is 0 Å². The minimum Gasteiger partial charge on any atom is -0.493 e. The molecule has 0 aromatic heterocycles. The van der Waals surface area contributed by atoms with Crippen LogP contribution < -0.4 is 9.47 Å². The second-order valence-corrected chi connectivity index (χ2v) is 12.3. The molecule has 0 saturated heterocycles. The van der Waals surface area contributed by atoms with Gasteiger partial charge in [0.1, 0.15) is 11.3 Å². The Kier molecular flexibility index (Phi) is 11.2. The lowest BCUT2D eigenvalue weighted by atomic mass is 9.71. The number of benzene rings is 1. The monoisotopic (exact) mass is 594 g/mol. The molecule has 3 saturated carbocycles. The summed E-state index contributed by atoms with van der Waals surface area (Å²) in [6.45, 7) is 3.66. The van der Waals surface area contributed by atoms with Crippen molar-refractivity contribution in [3.8, 4) is 11.5 Å². The Balaban J connectivity index is 1.30. The number of alkyl halides is 5. The maximum Gasteiger partial charge on any atom is 0.422 e. The summed E-state index contributed by atoms with van der Waals surface area (Å²) in [6, 6.07) is 1.63. The Morgan fingerprint density at radius 2 is 1.27 bits per heavy atom. The summed E-state index contributed by atoms with van der Waals surface area (Å²) in [5, 5.41) is 0. The Hall–Kier alpha value is -1.68. The van der Waals surface area contributed by atoms with Crippen molar-refractivity contribution in [2.75, 3.05) is 19.8 Å². The Labute approximate surface area is 239 Å². The van der Waals surface area contributed by atoms with Crippen LogP contribution in [0.2, 0.25) is 0 Å². The van der Waals surface area contributed by atoms with Crippen molar-refractivity contribution in [3.63, 3.8) is 0 Å². The molecule has 0 spiro atoms. The van der Waals surface area contributed by atoms with E-state index in [1.807, 2.05) is 6.92 Å². The first-order valence-corrected chi connectivity index (χ1v) is 15.3. The number of hydrogen-bond acceptors (Lipinski definition) is 4. The SMILES string of the molecule is CCOC1CCC(C2CCC(COc3ccc(OC(F)(F)COC4CCC(C)CC4)c(F)c3C(F)(F)F)CC2)CC1. The van der Waals surface area contributed by atoms with Crippen molar-refractivity contribution < 1.29 is 45.3 Å². The normalized spacial score (nSPS) is 29.8. The summed E-state index contributed by atoms with van der Waals surface area (Å²) in [5.41, 5.74) is -1.73. The first-order valence-electron chi connectivity index (χ1n) is 15.3. The highest BCUT2D eigenvalue weighted by atomic mass is 19.4. The van der Waals surface area contributed by atoms with E-state index in [1.54, 1.807) is 0 Å². The molecule has 0 aliphatic heterocycles. The van der Waals surface area contributed by atoms with E-state index in [0.717, 1.165) is 82.9 Å². The van der Waals surface area contributed by atoms with Crippen molar-refractivity contribution in [1.29, 1.82) is 0 Å². The predicted octanol–water partition coefficient (Wildman–Crippen LogP) is 9.19.